The maximum atomic E-state index is 12.8. The third-order valence-electron chi connectivity index (χ3n) is 4.95. The Morgan fingerprint density at radius 3 is 2.50 bits per heavy atom. The number of pyridine rings is 1. The molecule has 0 saturated carbocycles. The van der Waals surface area contributed by atoms with Crippen molar-refractivity contribution in [3.8, 4) is 0 Å². The number of hydrazine groups is 1. The van der Waals surface area contributed by atoms with Crippen molar-refractivity contribution in [1.82, 2.24) is 18.9 Å². The summed E-state index contributed by atoms with van der Waals surface area (Å²) < 4.78 is 28.1. The summed E-state index contributed by atoms with van der Waals surface area (Å²) in [6.07, 6.45) is 1.52. The van der Waals surface area contributed by atoms with Gasteiger partial charge in [0.2, 0.25) is 5.91 Å². The molecule has 0 bridgehead atoms. The molecule has 2 aromatic carbocycles. The van der Waals surface area contributed by atoms with E-state index in [4.69, 9.17) is 5.84 Å². The molecular formula is C22H22N6O3S. The third-order valence-corrected chi connectivity index (χ3v) is 6.56. The molecule has 2 aromatic heterocycles. The third kappa shape index (κ3) is 4.52. The van der Waals surface area contributed by atoms with Crippen molar-refractivity contribution in [2.24, 2.45) is 5.84 Å². The van der Waals surface area contributed by atoms with E-state index in [-0.39, 0.29) is 4.90 Å². The molecule has 32 heavy (non-hydrogen) atoms. The average Bonchev–Trinajstić information content (AvgIpc) is 3.10. The molecule has 4 aromatic rings. The minimum Gasteiger partial charge on any atom is -0.324 e. The maximum absolute atomic E-state index is 12.8. The van der Waals surface area contributed by atoms with E-state index >= 15 is 0 Å². The topological polar surface area (TPSA) is 123 Å². The number of aromatic nitrogens is 3. The second-order valence-electron chi connectivity index (χ2n) is 7.19. The van der Waals surface area contributed by atoms with Crippen LogP contribution in [-0.2, 0) is 21.4 Å². The average molecular weight is 451 g/mol. The van der Waals surface area contributed by atoms with Crippen LogP contribution in [-0.4, -0.2) is 39.8 Å². The molecule has 10 heteroatoms. The van der Waals surface area contributed by atoms with Gasteiger partial charge in [-0.25, -0.2) is 18.4 Å². The smallest absolute Gasteiger partial charge is 0.256 e. The summed E-state index contributed by atoms with van der Waals surface area (Å²) in [4.78, 5) is 20.6. The second-order valence-corrected chi connectivity index (χ2v) is 9.08. The largest absolute Gasteiger partial charge is 0.324 e. The lowest BCUT2D eigenvalue weighted by Crippen LogP contribution is -2.42. The number of sulfonamides is 1. The number of nitrogens with zero attached hydrogens (tertiary/aromatic N) is 4. The van der Waals surface area contributed by atoms with Crippen molar-refractivity contribution >= 4 is 32.8 Å². The molecular weight excluding hydrogens is 428 g/mol. The number of rotatable bonds is 7. The van der Waals surface area contributed by atoms with E-state index in [0.717, 1.165) is 22.4 Å². The Morgan fingerprint density at radius 2 is 1.78 bits per heavy atom. The lowest BCUT2D eigenvalue weighted by molar-refractivity contribution is -0.116. The summed E-state index contributed by atoms with van der Waals surface area (Å²) in [6.45, 7) is 1.94. The fourth-order valence-corrected chi connectivity index (χ4v) is 4.36. The van der Waals surface area contributed by atoms with Crippen LogP contribution in [0.1, 0.15) is 11.4 Å². The van der Waals surface area contributed by atoms with Gasteiger partial charge < -0.3 is 9.88 Å². The highest BCUT2D eigenvalue weighted by molar-refractivity contribution is 7.89. The van der Waals surface area contributed by atoms with Gasteiger partial charge in [0.05, 0.1) is 15.9 Å². The number of carbonyl (C=O) groups excluding carboxylic acids is 1. The van der Waals surface area contributed by atoms with Crippen LogP contribution in [0.15, 0.2) is 77.8 Å². The number of amides is 1. The number of hydrogen-bond acceptors (Lipinski definition) is 6. The molecule has 164 valence electrons. The van der Waals surface area contributed by atoms with Gasteiger partial charge >= 0.3 is 0 Å². The van der Waals surface area contributed by atoms with E-state index < -0.39 is 22.5 Å². The number of hydrogen-bond donors (Lipinski definition) is 2. The highest BCUT2D eigenvalue weighted by atomic mass is 32.2. The van der Waals surface area contributed by atoms with Gasteiger partial charge in [-0.2, -0.15) is 0 Å². The molecule has 0 fully saturated rings. The zero-order chi connectivity index (χ0) is 22.7. The molecule has 0 atom stereocenters. The van der Waals surface area contributed by atoms with Crippen LogP contribution in [0.25, 0.3) is 11.0 Å². The predicted octanol–water partition coefficient (Wildman–Crippen LogP) is 2.29. The van der Waals surface area contributed by atoms with Gasteiger partial charge in [0.1, 0.15) is 18.2 Å². The minimum absolute atomic E-state index is 0.00148. The van der Waals surface area contributed by atoms with E-state index in [9.17, 15) is 13.2 Å². The number of carbonyl (C=O) groups is 1. The monoisotopic (exact) mass is 450 g/mol. The maximum Gasteiger partial charge on any atom is 0.256 e. The molecule has 0 saturated heterocycles. The zero-order valence-electron chi connectivity index (χ0n) is 17.3. The summed E-state index contributed by atoms with van der Waals surface area (Å²) in [5.74, 6) is 6.32. The van der Waals surface area contributed by atoms with Crippen molar-refractivity contribution in [2.45, 2.75) is 18.4 Å². The number of nitrogens with one attached hydrogen (secondary N) is 1. The van der Waals surface area contributed by atoms with Gasteiger partial charge in [0.15, 0.2) is 0 Å². The lowest BCUT2D eigenvalue weighted by atomic mass is 10.2. The Kier molecular flexibility index (Phi) is 5.99. The summed E-state index contributed by atoms with van der Waals surface area (Å²) >= 11 is 0. The summed E-state index contributed by atoms with van der Waals surface area (Å²) in [5.41, 5.74) is 2.83. The van der Waals surface area contributed by atoms with Crippen LogP contribution in [0.4, 0.5) is 5.82 Å². The van der Waals surface area contributed by atoms with Gasteiger partial charge in [0, 0.05) is 12.7 Å². The van der Waals surface area contributed by atoms with Crippen LogP contribution < -0.4 is 11.2 Å². The molecule has 0 spiro atoms. The fraction of sp³-hybridized carbons (Fsp3) is 0.136. The molecule has 3 N–H and O–H groups in total. The molecule has 0 aliphatic heterocycles. The molecule has 1 amide bonds. The number of fused-ring (bicyclic) bond motifs is 1. The van der Waals surface area contributed by atoms with Crippen molar-refractivity contribution in [2.75, 3.05) is 11.9 Å². The van der Waals surface area contributed by atoms with E-state index in [2.05, 4.69) is 19.9 Å². The van der Waals surface area contributed by atoms with Gasteiger partial charge in [-0.3, -0.25) is 10.6 Å². The Bertz CT molecular complexity index is 1350. The normalized spacial score (nSPS) is 11.7. The van der Waals surface area contributed by atoms with Crippen LogP contribution in [0.5, 0.6) is 0 Å². The number of benzene rings is 2. The Balaban J connectivity index is 1.46. The molecule has 0 aliphatic carbocycles. The standard InChI is InChI=1S/C22H22N6O3S/c1-16-25-19-6-2-3-7-20(19)27(16)14-17-9-11-18(12-10-17)32(30,31)28(23)15-22(29)26-21-8-4-5-13-24-21/h2-13H,14-15,23H2,1H3,(H,24,26,29). The number of nitrogens with two attached hydrogens (primary N) is 1. The SMILES string of the molecule is Cc1nc2ccccc2n1Cc1ccc(S(=O)(=O)N(N)CC(=O)Nc2ccccn2)cc1. The van der Waals surface area contributed by atoms with Crippen LogP contribution >= 0.6 is 0 Å². The Labute approximate surface area is 185 Å². The first-order valence-electron chi connectivity index (χ1n) is 9.84. The Morgan fingerprint density at radius 1 is 1.06 bits per heavy atom. The molecule has 0 aliphatic rings. The highest BCUT2D eigenvalue weighted by Gasteiger charge is 2.24. The quantitative estimate of drug-likeness (QED) is 0.329. The molecule has 0 radical (unpaired) electrons. The molecule has 4 rings (SSSR count). The first-order valence-corrected chi connectivity index (χ1v) is 11.3. The first kappa shape index (κ1) is 21.6. The van der Waals surface area contributed by atoms with Crippen molar-refractivity contribution in [3.05, 3.63) is 84.3 Å². The van der Waals surface area contributed by atoms with E-state index in [0.29, 0.717) is 16.8 Å². The summed E-state index contributed by atoms with van der Waals surface area (Å²) in [7, 11) is -4.04. The Hall–Kier alpha value is -3.60. The number of imidazole rings is 1. The van der Waals surface area contributed by atoms with Gasteiger partial charge in [-0.05, 0) is 48.9 Å². The summed E-state index contributed by atoms with van der Waals surface area (Å²) in [6, 6.07) is 19.3. The van der Waals surface area contributed by atoms with Crippen molar-refractivity contribution < 1.29 is 13.2 Å². The van der Waals surface area contributed by atoms with Gasteiger partial charge in [0.25, 0.3) is 10.0 Å². The van der Waals surface area contributed by atoms with E-state index in [1.54, 1.807) is 30.3 Å². The fourth-order valence-electron chi connectivity index (χ4n) is 3.33. The van der Waals surface area contributed by atoms with Crippen LogP contribution in [0.3, 0.4) is 0 Å². The number of anilines is 1. The minimum atomic E-state index is -4.04. The zero-order valence-corrected chi connectivity index (χ0v) is 18.2. The molecule has 2 heterocycles. The molecule has 0 unspecified atom stereocenters. The van der Waals surface area contributed by atoms with Crippen molar-refractivity contribution in [1.29, 1.82) is 0 Å². The van der Waals surface area contributed by atoms with Crippen LogP contribution in [0, 0.1) is 6.92 Å². The van der Waals surface area contributed by atoms with Gasteiger partial charge in [-0.1, -0.05) is 30.3 Å². The van der Waals surface area contributed by atoms with E-state index in [1.807, 2.05) is 31.2 Å². The number of para-hydroxylation sites is 2. The summed E-state index contributed by atoms with van der Waals surface area (Å²) in [5, 5.41) is 2.51. The van der Waals surface area contributed by atoms with Crippen LogP contribution in [0.2, 0.25) is 0 Å². The predicted molar refractivity (Wildman–Crippen MR) is 121 cm³/mol. The lowest BCUT2D eigenvalue weighted by Gasteiger charge is -2.16. The van der Waals surface area contributed by atoms with Crippen molar-refractivity contribution in [3.63, 3.8) is 0 Å². The second kappa shape index (κ2) is 8.87. The molecule has 9 nitrogen and oxygen atoms in total. The highest BCUT2D eigenvalue weighted by Crippen LogP contribution is 2.19. The van der Waals surface area contributed by atoms with Gasteiger partial charge in [-0.15, -0.1) is 4.41 Å². The van der Waals surface area contributed by atoms with E-state index in [1.165, 1.54) is 18.3 Å². The first-order chi connectivity index (χ1) is 15.3. The number of aryl methyl sites for hydroxylation is 1.